The molecule has 1 rings (SSSR count). The van der Waals surface area contributed by atoms with Crippen LogP contribution < -0.4 is 5.56 Å². The summed E-state index contributed by atoms with van der Waals surface area (Å²) in [7, 11) is 1.09. The number of aromatic amines is 1. The maximum absolute atomic E-state index is 12.4. The molecular formula is C9H8ClF2NO3. The van der Waals surface area contributed by atoms with Gasteiger partial charge in [0.25, 0.3) is 12.0 Å². The van der Waals surface area contributed by atoms with Gasteiger partial charge in [0.2, 0.25) is 0 Å². The molecule has 4 nitrogen and oxygen atoms in total. The van der Waals surface area contributed by atoms with Crippen molar-refractivity contribution >= 4 is 17.6 Å². The number of nitrogens with one attached hydrogen (secondary N) is 1. The van der Waals surface area contributed by atoms with Crippen molar-refractivity contribution in [1.82, 2.24) is 4.98 Å². The van der Waals surface area contributed by atoms with Crippen LogP contribution in [0.3, 0.4) is 0 Å². The summed E-state index contributed by atoms with van der Waals surface area (Å²) in [6, 6.07) is 0.871. The van der Waals surface area contributed by atoms with Crippen molar-refractivity contribution in [2.24, 2.45) is 0 Å². The number of methoxy groups -OCH3 is 1. The summed E-state index contributed by atoms with van der Waals surface area (Å²) in [5.41, 5.74) is -1.78. The molecule has 0 atom stereocenters. The van der Waals surface area contributed by atoms with Crippen molar-refractivity contribution in [3.63, 3.8) is 0 Å². The lowest BCUT2D eigenvalue weighted by Crippen LogP contribution is -2.20. The van der Waals surface area contributed by atoms with Gasteiger partial charge in [-0.05, 0) is 6.07 Å². The number of ether oxygens (including phenoxy) is 1. The third-order valence-corrected chi connectivity index (χ3v) is 2.20. The summed E-state index contributed by atoms with van der Waals surface area (Å²) >= 11 is 5.46. The standard InChI is InChI=1S/C9H8ClF2NO3/c1-16-9(15)4-2-6(7(11)12)13-8(14)5(4)3-10/h2,7H,3H2,1H3,(H,13,14). The van der Waals surface area contributed by atoms with Gasteiger partial charge in [-0.3, -0.25) is 4.79 Å². The van der Waals surface area contributed by atoms with Crippen LogP contribution in [-0.2, 0) is 10.6 Å². The Labute approximate surface area is 94.2 Å². The zero-order valence-corrected chi connectivity index (χ0v) is 8.98. The van der Waals surface area contributed by atoms with Crippen LogP contribution in [0, 0.1) is 0 Å². The lowest BCUT2D eigenvalue weighted by Gasteiger charge is -2.07. The molecule has 1 aromatic heterocycles. The van der Waals surface area contributed by atoms with Crippen LogP contribution in [0.25, 0.3) is 0 Å². The summed E-state index contributed by atoms with van der Waals surface area (Å²) in [6.07, 6.45) is -2.87. The highest BCUT2D eigenvalue weighted by molar-refractivity contribution is 6.17. The molecule has 0 spiro atoms. The van der Waals surface area contributed by atoms with Gasteiger partial charge >= 0.3 is 5.97 Å². The van der Waals surface area contributed by atoms with E-state index in [1.807, 2.05) is 4.98 Å². The number of halogens is 3. The molecule has 1 heterocycles. The van der Waals surface area contributed by atoms with Gasteiger partial charge in [0.05, 0.1) is 24.2 Å². The van der Waals surface area contributed by atoms with Crippen LogP contribution in [-0.4, -0.2) is 18.1 Å². The number of esters is 1. The van der Waals surface area contributed by atoms with Crippen LogP contribution in [0.2, 0.25) is 0 Å². The highest BCUT2D eigenvalue weighted by Gasteiger charge is 2.19. The molecular weight excluding hydrogens is 244 g/mol. The van der Waals surface area contributed by atoms with Crippen LogP contribution in [0.15, 0.2) is 10.9 Å². The van der Waals surface area contributed by atoms with Crippen molar-refractivity contribution < 1.29 is 18.3 Å². The number of rotatable bonds is 3. The number of carbonyl (C=O) groups is 1. The van der Waals surface area contributed by atoms with E-state index in [0.29, 0.717) is 0 Å². The van der Waals surface area contributed by atoms with Crippen LogP contribution in [0.1, 0.15) is 28.0 Å². The summed E-state index contributed by atoms with van der Waals surface area (Å²) in [4.78, 5) is 24.5. The molecule has 0 unspecified atom stereocenters. The van der Waals surface area contributed by atoms with E-state index in [-0.39, 0.29) is 17.0 Å². The third kappa shape index (κ3) is 2.38. The maximum atomic E-state index is 12.4. The number of carbonyl (C=O) groups excluding carboxylic acids is 1. The van der Waals surface area contributed by atoms with Crippen LogP contribution in [0.4, 0.5) is 8.78 Å². The highest BCUT2D eigenvalue weighted by Crippen LogP contribution is 2.18. The molecule has 0 saturated carbocycles. The van der Waals surface area contributed by atoms with Gasteiger partial charge in [-0.2, -0.15) is 0 Å². The van der Waals surface area contributed by atoms with Gasteiger partial charge in [-0.25, -0.2) is 13.6 Å². The van der Waals surface area contributed by atoms with Gasteiger partial charge in [-0.15, -0.1) is 11.6 Å². The molecule has 0 saturated heterocycles. The first-order valence-corrected chi connectivity index (χ1v) is 4.73. The van der Waals surface area contributed by atoms with E-state index in [9.17, 15) is 18.4 Å². The van der Waals surface area contributed by atoms with E-state index in [4.69, 9.17) is 11.6 Å². The lowest BCUT2D eigenvalue weighted by molar-refractivity contribution is 0.0598. The SMILES string of the molecule is COC(=O)c1cc(C(F)F)[nH]c(=O)c1CCl. The third-order valence-electron chi connectivity index (χ3n) is 1.93. The summed E-state index contributed by atoms with van der Waals surface area (Å²) in [5, 5.41) is 0. The van der Waals surface area contributed by atoms with Crippen molar-refractivity contribution in [1.29, 1.82) is 0 Å². The van der Waals surface area contributed by atoms with E-state index in [2.05, 4.69) is 4.74 Å². The Bertz CT molecular complexity index is 459. The monoisotopic (exact) mass is 251 g/mol. The molecule has 0 bridgehead atoms. The van der Waals surface area contributed by atoms with E-state index in [1.54, 1.807) is 0 Å². The smallest absolute Gasteiger partial charge is 0.338 e. The second kappa shape index (κ2) is 5.07. The molecule has 16 heavy (non-hydrogen) atoms. The normalized spacial score (nSPS) is 10.6. The second-order valence-corrected chi connectivity index (χ2v) is 3.14. The number of pyridine rings is 1. The van der Waals surface area contributed by atoms with Gasteiger partial charge in [0, 0.05) is 5.56 Å². The Hall–Kier alpha value is -1.43. The van der Waals surface area contributed by atoms with Crippen molar-refractivity contribution in [2.75, 3.05) is 7.11 Å². The first kappa shape index (κ1) is 12.6. The number of H-pyrrole nitrogens is 1. The Morgan fingerprint density at radius 3 is 2.69 bits per heavy atom. The first-order valence-electron chi connectivity index (χ1n) is 4.19. The molecule has 0 fully saturated rings. The molecule has 0 aliphatic heterocycles. The van der Waals surface area contributed by atoms with Gasteiger partial charge in [-0.1, -0.05) is 0 Å². The van der Waals surface area contributed by atoms with E-state index in [1.165, 1.54) is 0 Å². The minimum absolute atomic E-state index is 0.0853. The zero-order chi connectivity index (χ0) is 12.3. The van der Waals surface area contributed by atoms with E-state index in [0.717, 1.165) is 13.2 Å². The van der Waals surface area contributed by atoms with Crippen LogP contribution >= 0.6 is 11.6 Å². The molecule has 0 radical (unpaired) electrons. The molecule has 7 heteroatoms. The van der Waals surface area contributed by atoms with E-state index < -0.39 is 23.6 Å². The Balaban J connectivity index is 3.43. The average Bonchev–Trinajstić information content (AvgIpc) is 2.26. The first-order chi connectivity index (χ1) is 7.51. The number of alkyl halides is 3. The maximum Gasteiger partial charge on any atom is 0.338 e. The van der Waals surface area contributed by atoms with Gasteiger partial charge in [0.15, 0.2) is 0 Å². The fourth-order valence-corrected chi connectivity index (χ4v) is 1.42. The Kier molecular flexibility index (Phi) is 4.00. The van der Waals surface area contributed by atoms with Crippen LogP contribution in [0.5, 0.6) is 0 Å². The fourth-order valence-electron chi connectivity index (χ4n) is 1.15. The predicted octanol–water partition coefficient (Wildman–Crippen LogP) is 1.84. The molecule has 0 aromatic carbocycles. The highest BCUT2D eigenvalue weighted by atomic mass is 35.5. The van der Waals surface area contributed by atoms with Gasteiger partial charge < -0.3 is 9.72 Å². The fraction of sp³-hybridized carbons (Fsp3) is 0.333. The van der Waals surface area contributed by atoms with Crippen molar-refractivity contribution in [3.05, 3.63) is 33.2 Å². The summed E-state index contributed by atoms with van der Waals surface area (Å²) in [5.74, 6) is -1.13. The largest absolute Gasteiger partial charge is 0.465 e. The minimum Gasteiger partial charge on any atom is -0.465 e. The number of hydrogen-bond acceptors (Lipinski definition) is 3. The predicted molar refractivity (Wildman–Crippen MR) is 52.9 cm³/mol. The lowest BCUT2D eigenvalue weighted by atomic mass is 10.1. The minimum atomic E-state index is -2.87. The number of hydrogen-bond donors (Lipinski definition) is 1. The van der Waals surface area contributed by atoms with Gasteiger partial charge in [0.1, 0.15) is 0 Å². The number of aromatic nitrogens is 1. The second-order valence-electron chi connectivity index (χ2n) is 2.87. The molecule has 0 aliphatic rings. The summed E-state index contributed by atoms with van der Waals surface area (Å²) < 4.78 is 29.1. The zero-order valence-electron chi connectivity index (χ0n) is 8.22. The average molecular weight is 252 g/mol. The molecule has 0 aliphatic carbocycles. The van der Waals surface area contributed by atoms with Crippen molar-refractivity contribution in [2.45, 2.75) is 12.3 Å². The topological polar surface area (TPSA) is 59.2 Å². The quantitative estimate of drug-likeness (QED) is 0.659. The Morgan fingerprint density at radius 1 is 1.62 bits per heavy atom. The Morgan fingerprint density at radius 2 is 2.25 bits per heavy atom. The molecule has 1 aromatic rings. The van der Waals surface area contributed by atoms with E-state index >= 15 is 0 Å². The van der Waals surface area contributed by atoms with Crippen molar-refractivity contribution in [3.8, 4) is 0 Å². The molecule has 1 N–H and O–H groups in total. The summed E-state index contributed by atoms with van der Waals surface area (Å²) in [6.45, 7) is 0. The molecule has 88 valence electrons. The molecule has 0 amide bonds.